The van der Waals surface area contributed by atoms with Gasteiger partial charge in [0, 0.05) is 35.2 Å². The summed E-state index contributed by atoms with van der Waals surface area (Å²) in [5.74, 6) is 0. The van der Waals surface area contributed by atoms with Gasteiger partial charge in [0.2, 0.25) is 0 Å². The van der Waals surface area contributed by atoms with Gasteiger partial charge in [-0.2, -0.15) is 0 Å². The molecule has 0 spiro atoms. The highest BCUT2D eigenvalue weighted by molar-refractivity contribution is 9.10. The lowest BCUT2D eigenvalue weighted by molar-refractivity contribution is 0.430. The smallest absolute Gasteiger partial charge is 0.0448 e. The monoisotopic (exact) mass is 274 g/mol. The van der Waals surface area contributed by atoms with Gasteiger partial charge in [0.15, 0.2) is 0 Å². The van der Waals surface area contributed by atoms with E-state index in [0.29, 0.717) is 6.04 Å². The Balaban J connectivity index is 2.21. The Kier molecular flexibility index (Phi) is 3.44. The van der Waals surface area contributed by atoms with Crippen LogP contribution in [0.5, 0.6) is 0 Å². The van der Waals surface area contributed by atoms with Crippen molar-refractivity contribution in [2.75, 3.05) is 19.6 Å². The summed E-state index contributed by atoms with van der Waals surface area (Å²) in [5, 5.41) is 7.58. The molecule has 1 heterocycles. The summed E-state index contributed by atoms with van der Waals surface area (Å²) < 4.78 is 1.03. The van der Waals surface area contributed by atoms with Gasteiger partial charge in [0.1, 0.15) is 0 Å². The minimum atomic E-state index is 0.374. The predicted molar refractivity (Wildman–Crippen MR) is 62.8 cm³/mol. The van der Waals surface area contributed by atoms with E-state index in [2.05, 4.69) is 32.6 Å². The number of halogens is 2. The zero-order chi connectivity index (χ0) is 9.97. The quantitative estimate of drug-likeness (QED) is 0.822. The Morgan fingerprint density at radius 3 is 2.79 bits per heavy atom. The molecule has 1 saturated heterocycles. The molecule has 2 nitrogen and oxygen atoms in total. The molecule has 1 fully saturated rings. The number of hydrogen-bond donors (Lipinski definition) is 2. The Bertz CT molecular complexity index is 304. The molecule has 0 aliphatic carbocycles. The minimum absolute atomic E-state index is 0.374. The summed E-state index contributed by atoms with van der Waals surface area (Å²) in [4.78, 5) is 0. The van der Waals surface area contributed by atoms with Crippen LogP contribution >= 0.6 is 27.5 Å². The average molecular weight is 276 g/mol. The molecule has 0 aromatic heterocycles. The van der Waals surface area contributed by atoms with Crippen molar-refractivity contribution in [1.82, 2.24) is 10.6 Å². The zero-order valence-corrected chi connectivity index (χ0v) is 10.0. The van der Waals surface area contributed by atoms with Gasteiger partial charge in [-0.15, -0.1) is 0 Å². The standard InChI is InChI=1S/C10H12BrClN2/c11-8-3-7(4-9(12)5-8)10-6-13-1-2-14-10/h3-5,10,13-14H,1-2,6H2. The van der Waals surface area contributed by atoms with E-state index in [1.165, 1.54) is 5.56 Å². The average Bonchev–Trinajstić information content (AvgIpc) is 2.18. The van der Waals surface area contributed by atoms with Crippen LogP contribution in [0.3, 0.4) is 0 Å². The fourth-order valence-electron chi connectivity index (χ4n) is 1.67. The van der Waals surface area contributed by atoms with Crippen molar-refractivity contribution >= 4 is 27.5 Å². The molecule has 14 heavy (non-hydrogen) atoms. The van der Waals surface area contributed by atoms with Gasteiger partial charge in [-0.05, 0) is 23.8 Å². The van der Waals surface area contributed by atoms with Crippen LogP contribution in [0.25, 0.3) is 0 Å². The molecule has 1 aliphatic rings. The van der Waals surface area contributed by atoms with E-state index in [9.17, 15) is 0 Å². The molecule has 1 unspecified atom stereocenters. The maximum Gasteiger partial charge on any atom is 0.0448 e. The Morgan fingerprint density at radius 2 is 2.14 bits per heavy atom. The van der Waals surface area contributed by atoms with E-state index in [1.807, 2.05) is 12.1 Å². The van der Waals surface area contributed by atoms with Crippen molar-refractivity contribution in [2.45, 2.75) is 6.04 Å². The van der Waals surface area contributed by atoms with E-state index in [4.69, 9.17) is 11.6 Å². The molecule has 1 aromatic carbocycles. The van der Waals surface area contributed by atoms with E-state index >= 15 is 0 Å². The molecule has 0 saturated carbocycles. The van der Waals surface area contributed by atoms with Gasteiger partial charge in [-0.1, -0.05) is 27.5 Å². The molecule has 2 rings (SSSR count). The highest BCUT2D eigenvalue weighted by Crippen LogP contribution is 2.24. The fraction of sp³-hybridized carbons (Fsp3) is 0.400. The van der Waals surface area contributed by atoms with Gasteiger partial charge in [0.25, 0.3) is 0 Å². The number of piperazine rings is 1. The Labute approximate surface area is 97.2 Å². The number of hydrogen-bond acceptors (Lipinski definition) is 2. The number of benzene rings is 1. The van der Waals surface area contributed by atoms with Crippen molar-refractivity contribution < 1.29 is 0 Å². The molecule has 4 heteroatoms. The molecule has 1 aliphatic heterocycles. The summed E-state index contributed by atoms with van der Waals surface area (Å²) in [7, 11) is 0. The first-order valence-corrected chi connectivity index (χ1v) is 5.83. The molecule has 0 radical (unpaired) electrons. The van der Waals surface area contributed by atoms with E-state index < -0.39 is 0 Å². The van der Waals surface area contributed by atoms with Crippen LogP contribution in [-0.4, -0.2) is 19.6 Å². The Morgan fingerprint density at radius 1 is 1.29 bits per heavy atom. The first-order valence-electron chi connectivity index (χ1n) is 4.66. The van der Waals surface area contributed by atoms with Gasteiger partial charge < -0.3 is 10.6 Å². The normalized spacial score (nSPS) is 22.3. The zero-order valence-electron chi connectivity index (χ0n) is 7.69. The van der Waals surface area contributed by atoms with Gasteiger partial charge in [-0.3, -0.25) is 0 Å². The van der Waals surface area contributed by atoms with Crippen LogP contribution in [0.1, 0.15) is 11.6 Å². The third-order valence-corrected chi connectivity index (χ3v) is 3.00. The highest BCUT2D eigenvalue weighted by Gasteiger charge is 2.14. The molecule has 0 amide bonds. The molecular formula is C10H12BrClN2. The molecule has 1 aromatic rings. The molecular weight excluding hydrogens is 263 g/mol. The summed E-state index contributed by atoms with van der Waals surface area (Å²) in [6, 6.07) is 6.40. The summed E-state index contributed by atoms with van der Waals surface area (Å²) in [6.07, 6.45) is 0. The SMILES string of the molecule is Clc1cc(Br)cc(C2CNCCN2)c1. The first kappa shape index (κ1) is 10.4. The summed E-state index contributed by atoms with van der Waals surface area (Å²) in [5.41, 5.74) is 1.23. The van der Waals surface area contributed by atoms with Gasteiger partial charge in [-0.25, -0.2) is 0 Å². The highest BCUT2D eigenvalue weighted by atomic mass is 79.9. The van der Waals surface area contributed by atoms with Gasteiger partial charge in [0.05, 0.1) is 0 Å². The number of nitrogens with one attached hydrogen (secondary N) is 2. The minimum Gasteiger partial charge on any atom is -0.314 e. The van der Waals surface area contributed by atoms with Crippen molar-refractivity contribution in [1.29, 1.82) is 0 Å². The first-order chi connectivity index (χ1) is 6.75. The van der Waals surface area contributed by atoms with Gasteiger partial charge >= 0.3 is 0 Å². The lowest BCUT2D eigenvalue weighted by Gasteiger charge is -2.25. The van der Waals surface area contributed by atoms with Crippen LogP contribution in [0.15, 0.2) is 22.7 Å². The fourth-order valence-corrected chi connectivity index (χ4v) is 2.55. The number of rotatable bonds is 1. The largest absolute Gasteiger partial charge is 0.314 e. The van der Waals surface area contributed by atoms with Crippen molar-refractivity contribution in [3.63, 3.8) is 0 Å². The van der Waals surface area contributed by atoms with E-state index in [-0.39, 0.29) is 0 Å². The second-order valence-corrected chi connectivity index (χ2v) is 4.77. The lowest BCUT2D eigenvalue weighted by Crippen LogP contribution is -2.42. The summed E-state index contributed by atoms with van der Waals surface area (Å²) >= 11 is 9.44. The third-order valence-electron chi connectivity index (χ3n) is 2.33. The van der Waals surface area contributed by atoms with Crippen molar-refractivity contribution in [2.24, 2.45) is 0 Å². The van der Waals surface area contributed by atoms with Crippen molar-refractivity contribution in [3.8, 4) is 0 Å². The Hall–Kier alpha value is -0.0900. The molecule has 0 bridgehead atoms. The maximum absolute atomic E-state index is 5.99. The predicted octanol–water partition coefficient (Wildman–Crippen LogP) is 2.34. The van der Waals surface area contributed by atoms with Crippen LogP contribution < -0.4 is 10.6 Å². The van der Waals surface area contributed by atoms with E-state index in [0.717, 1.165) is 29.1 Å². The third kappa shape index (κ3) is 2.48. The van der Waals surface area contributed by atoms with Crippen molar-refractivity contribution in [3.05, 3.63) is 33.3 Å². The second-order valence-electron chi connectivity index (χ2n) is 3.41. The molecule has 2 N–H and O–H groups in total. The topological polar surface area (TPSA) is 24.1 Å². The maximum atomic E-state index is 5.99. The second kappa shape index (κ2) is 4.62. The van der Waals surface area contributed by atoms with Crippen LogP contribution in [0.4, 0.5) is 0 Å². The molecule has 1 atom stereocenters. The van der Waals surface area contributed by atoms with Crippen LogP contribution in [0.2, 0.25) is 5.02 Å². The lowest BCUT2D eigenvalue weighted by atomic mass is 10.1. The molecule has 76 valence electrons. The summed E-state index contributed by atoms with van der Waals surface area (Å²) in [6.45, 7) is 3.01. The van der Waals surface area contributed by atoms with E-state index in [1.54, 1.807) is 0 Å². The van der Waals surface area contributed by atoms with Crippen LogP contribution in [0, 0.1) is 0 Å². The van der Waals surface area contributed by atoms with Crippen LogP contribution in [-0.2, 0) is 0 Å².